The van der Waals surface area contributed by atoms with Crippen molar-refractivity contribution in [3.63, 3.8) is 0 Å². The summed E-state index contributed by atoms with van der Waals surface area (Å²) in [6, 6.07) is 5.65. The van der Waals surface area contributed by atoms with Crippen molar-refractivity contribution in [1.82, 2.24) is 10.2 Å². The molecule has 1 aliphatic rings. The number of hydrogen-bond acceptors (Lipinski definition) is 2. The molecule has 1 aliphatic heterocycles. The number of likely N-dealkylation sites (tertiary alicyclic amines) is 1. The van der Waals surface area contributed by atoms with Crippen LogP contribution in [-0.4, -0.2) is 41.3 Å². The summed E-state index contributed by atoms with van der Waals surface area (Å²) in [7, 11) is 0. The Labute approximate surface area is 147 Å². The second kappa shape index (κ2) is 7.51. The predicted molar refractivity (Wildman–Crippen MR) is 85.3 cm³/mol. The summed E-state index contributed by atoms with van der Waals surface area (Å²) in [6.07, 6.45) is -4.17. The largest absolute Gasteiger partial charge is 0.481 e. The molecule has 0 aliphatic carbocycles. The molecule has 5 nitrogen and oxygen atoms in total. The number of amides is 2. The summed E-state index contributed by atoms with van der Waals surface area (Å²) in [6.45, 7) is 0.671. The lowest BCUT2D eigenvalue weighted by Crippen LogP contribution is -2.41. The lowest BCUT2D eigenvalue weighted by molar-refractivity contribution is -0.187. The van der Waals surface area contributed by atoms with Gasteiger partial charge in [0, 0.05) is 18.1 Å². The number of carboxylic acid groups (broad SMARTS) is 1. The zero-order valence-corrected chi connectivity index (χ0v) is 14.1. The van der Waals surface area contributed by atoms with E-state index in [1.54, 1.807) is 24.3 Å². The molecule has 1 fully saturated rings. The Balaban J connectivity index is 2.11. The van der Waals surface area contributed by atoms with Crippen molar-refractivity contribution in [2.45, 2.75) is 25.6 Å². The fraction of sp³-hybridized carbons (Fsp3) is 0.500. The van der Waals surface area contributed by atoms with Crippen LogP contribution in [0.15, 0.2) is 24.3 Å². The van der Waals surface area contributed by atoms with E-state index in [0.717, 1.165) is 10.5 Å². The first-order chi connectivity index (χ1) is 11.6. The van der Waals surface area contributed by atoms with Gasteiger partial charge in [-0.15, -0.1) is 0 Å². The van der Waals surface area contributed by atoms with E-state index in [1.165, 1.54) is 0 Å². The highest BCUT2D eigenvalue weighted by Gasteiger charge is 2.53. The number of aliphatic carboxylic acids is 1. The molecular weight excluding hydrogens is 361 g/mol. The number of hydrogen-bond donors (Lipinski definition) is 2. The first-order valence-electron chi connectivity index (χ1n) is 7.74. The van der Waals surface area contributed by atoms with Gasteiger partial charge in [-0.25, -0.2) is 4.79 Å². The normalized spacial score (nSPS) is 21.9. The standard InChI is InChI=1S/C16H18ClF3N2O3/c1-2-13(9-4-3-5-10(17)6-9)21-15(25)22-7-11(14(23)24)12(8-22)16(18,19)20/h3-6,11-13H,2,7-8H2,1H3,(H,21,25)(H,23,24)/t11-,12-,13?/m1/s1. The number of benzene rings is 1. The SMILES string of the molecule is CCC(NC(=O)N1C[C@@H](C(F)(F)F)[C@H](C(=O)O)C1)c1cccc(Cl)c1. The highest BCUT2D eigenvalue weighted by molar-refractivity contribution is 6.30. The molecule has 1 aromatic rings. The Morgan fingerprint density at radius 1 is 1.40 bits per heavy atom. The number of urea groups is 1. The average molecular weight is 379 g/mol. The third-order valence-electron chi connectivity index (χ3n) is 4.30. The van der Waals surface area contributed by atoms with Gasteiger partial charge in [0.05, 0.1) is 17.9 Å². The van der Waals surface area contributed by atoms with Crippen LogP contribution in [0.5, 0.6) is 0 Å². The quantitative estimate of drug-likeness (QED) is 0.839. The lowest BCUT2D eigenvalue weighted by atomic mass is 9.96. The molecule has 1 aromatic carbocycles. The Morgan fingerprint density at radius 3 is 2.56 bits per heavy atom. The minimum Gasteiger partial charge on any atom is -0.481 e. The van der Waals surface area contributed by atoms with E-state index in [2.05, 4.69) is 5.32 Å². The van der Waals surface area contributed by atoms with Gasteiger partial charge in [0.1, 0.15) is 0 Å². The number of carbonyl (C=O) groups is 2. The number of alkyl halides is 3. The van der Waals surface area contributed by atoms with Crippen LogP contribution in [0.4, 0.5) is 18.0 Å². The minimum atomic E-state index is -4.67. The molecule has 9 heteroatoms. The van der Waals surface area contributed by atoms with Crippen LogP contribution in [0.3, 0.4) is 0 Å². The molecule has 2 amide bonds. The van der Waals surface area contributed by atoms with E-state index < -0.39 is 49.1 Å². The van der Waals surface area contributed by atoms with Gasteiger partial charge in [0.25, 0.3) is 0 Å². The molecule has 1 unspecified atom stereocenters. The van der Waals surface area contributed by atoms with E-state index in [-0.39, 0.29) is 0 Å². The van der Waals surface area contributed by atoms with Gasteiger partial charge in [0.2, 0.25) is 0 Å². The number of carbonyl (C=O) groups excluding carboxylic acids is 1. The van der Waals surface area contributed by atoms with Crippen LogP contribution in [0, 0.1) is 11.8 Å². The Hall–Kier alpha value is -1.96. The molecule has 0 aromatic heterocycles. The molecule has 0 spiro atoms. The highest BCUT2D eigenvalue weighted by atomic mass is 35.5. The maximum atomic E-state index is 13.0. The monoisotopic (exact) mass is 378 g/mol. The molecule has 0 bridgehead atoms. The van der Waals surface area contributed by atoms with Crippen LogP contribution in [0.25, 0.3) is 0 Å². The van der Waals surface area contributed by atoms with Gasteiger partial charge >= 0.3 is 18.2 Å². The number of rotatable bonds is 4. The molecule has 1 heterocycles. The van der Waals surface area contributed by atoms with Crippen molar-refractivity contribution < 1.29 is 27.9 Å². The summed E-state index contributed by atoms with van der Waals surface area (Å²) in [4.78, 5) is 24.3. The molecule has 1 saturated heterocycles. The molecule has 2 N–H and O–H groups in total. The zero-order valence-electron chi connectivity index (χ0n) is 13.4. The topological polar surface area (TPSA) is 69.6 Å². The average Bonchev–Trinajstić information content (AvgIpc) is 2.98. The number of nitrogens with zero attached hydrogens (tertiary/aromatic N) is 1. The van der Waals surface area contributed by atoms with Gasteiger partial charge in [-0.1, -0.05) is 30.7 Å². The summed E-state index contributed by atoms with van der Waals surface area (Å²) < 4.78 is 39.0. The Bertz CT molecular complexity index is 654. The summed E-state index contributed by atoms with van der Waals surface area (Å²) in [5, 5.41) is 12.1. The Morgan fingerprint density at radius 2 is 2.08 bits per heavy atom. The van der Waals surface area contributed by atoms with Crippen LogP contribution < -0.4 is 5.32 Å². The molecule has 2 rings (SSSR count). The molecule has 138 valence electrons. The van der Waals surface area contributed by atoms with Crippen LogP contribution in [0.2, 0.25) is 5.02 Å². The number of carboxylic acids is 1. The van der Waals surface area contributed by atoms with Crippen molar-refractivity contribution in [2.75, 3.05) is 13.1 Å². The van der Waals surface area contributed by atoms with Crippen LogP contribution in [0.1, 0.15) is 24.9 Å². The van der Waals surface area contributed by atoms with E-state index >= 15 is 0 Å². The first kappa shape index (κ1) is 19.4. The van der Waals surface area contributed by atoms with Gasteiger partial charge in [-0.3, -0.25) is 4.79 Å². The van der Waals surface area contributed by atoms with Gasteiger partial charge in [-0.05, 0) is 24.1 Å². The summed E-state index contributed by atoms with van der Waals surface area (Å²) in [5.41, 5.74) is 0.727. The van der Waals surface area contributed by atoms with E-state index in [4.69, 9.17) is 16.7 Å². The maximum Gasteiger partial charge on any atom is 0.394 e. The third-order valence-corrected chi connectivity index (χ3v) is 4.54. The fourth-order valence-corrected chi connectivity index (χ4v) is 3.14. The van der Waals surface area contributed by atoms with Crippen molar-refractivity contribution in [2.24, 2.45) is 11.8 Å². The first-order valence-corrected chi connectivity index (χ1v) is 8.11. The molecular formula is C16H18ClF3N2O3. The molecule has 25 heavy (non-hydrogen) atoms. The van der Waals surface area contributed by atoms with Gasteiger partial charge in [-0.2, -0.15) is 13.2 Å². The number of nitrogens with one attached hydrogen (secondary N) is 1. The fourth-order valence-electron chi connectivity index (χ4n) is 2.94. The summed E-state index contributed by atoms with van der Waals surface area (Å²) >= 11 is 5.92. The maximum absolute atomic E-state index is 13.0. The molecule has 0 radical (unpaired) electrons. The van der Waals surface area contributed by atoms with Crippen molar-refractivity contribution in [3.05, 3.63) is 34.9 Å². The Kier molecular flexibility index (Phi) is 5.82. The third kappa shape index (κ3) is 4.56. The van der Waals surface area contributed by atoms with Crippen molar-refractivity contribution in [1.29, 1.82) is 0 Å². The molecule has 3 atom stereocenters. The van der Waals surface area contributed by atoms with E-state index in [0.29, 0.717) is 11.4 Å². The predicted octanol–water partition coefficient (Wildman–Crippen LogP) is 3.70. The second-order valence-corrected chi connectivity index (χ2v) is 6.40. The van der Waals surface area contributed by atoms with Crippen LogP contribution >= 0.6 is 11.6 Å². The van der Waals surface area contributed by atoms with E-state index in [1.807, 2.05) is 6.92 Å². The second-order valence-electron chi connectivity index (χ2n) is 5.96. The zero-order chi connectivity index (χ0) is 18.8. The van der Waals surface area contributed by atoms with Gasteiger partial charge < -0.3 is 15.3 Å². The van der Waals surface area contributed by atoms with Crippen molar-refractivity contribution >= 4 is 23.6 Å². The highest BCUT2D eigenvalue weighted by Crippen LogP contribution is 2.37. The van der Waals surface area contributed by atoms with Crippen molar-refractivity contribution in [3.8, 4) is 0 Å². The van der Waals surface area contributed by atoms with Gasteiger partial charge in [0.15, 0.2) is 0 Å². The lowest BCUT2D eigenvalue weighted by Gasteiger charge is -2.23. The van der Waals surface area contributed by atoms with Crippen LogP contribution in [-0.2, 0) is 4.79 Å². The van der Waals surface area contributed by atoms with E-state index in [9.17, 15) is 22.8 Å². The minimum absolute atomic E-state index is 0.431. The molecule has 0 saturated carbocycles. The smallest absolute Gasteiger partial charge is 0.394 e. The number of halogens is 4. The summed E-state index contributed by atoms with van der Waals surface area (Å²) in [5.74, 6) is -5.28.